The lowest BCUT2D eigenvalue weighted by Gasteiger charge is -2.24. The number of ether oxygens (including phenoxy) is 1. The number of aliphatic hydroxyl groups excluding tert-OH is 2. The highest BCUT2D eigenvalue weighted by Gasteiger charge is 2.50. The van der Waals surface area contributed by atoms with Gasteiger partial charge in [0.25, 0.3) is 5.91 Å². The highest BCUT2D eigenvalue weighted by Crippen LogP contribution is 2.38. The van der Waals surface area contributed by atoms with E-state index in [0.29, 0.717) is 51.9 Å². The van der Waals surface area contributed by atoms with Crippen LogP contribution in [0.1, 0.15) is 50.6 Å². The number of rotatable bonds is 12. The maximum atomic E-state index is 12.8. The summed E-state index contributed by atoms with van der Waals surface area (Å²) in [5.41, 5.74) is -0.736. The van der Waals surface area contributed by atoms with E-state index < -0.39 is 57.9 Å². The molecule has 2 fully saturated rings. The van der Waals surface area contributed by atoms with E-state index in [0.717, 1.165) is 50.3 Å². The van der Waals surface area contributed by atoms with Crippen molar-refractivity contribution in [2.45, 2.75) is 68.8 Å². The van der Waals surface area contributed by atoms with Gasteiger partial charge in [-0.05, 0) is 19.8 Å². The molecule has 2 saturated heterocycles. The third kappa shape index (κ3) is 10.8. The van der Waals surface area contributed by atoms with Crippen molar-refractivity contribution in [1.29, 1.82) is 0 Å². The van der Waals surface area contributed by atoms with Crippen molar-refractivity contribution in [2.75, 3.05) is 58.9 Å². The standard InChI is InChI=1S/C26H44F3N9O8S/c1-17(46-47(43,44)26(27,28)29)19-23(35-15-30)38(16-36-19)25-21(41)20(40)22(45-25)24(42)34-6-4-2-3-5-18(39)37-13-11-32-9-7-31-8-10-33-12-14-37/h15-17,20-22,25,31-33,40-41H,2-14H2,1H3,(H2,30,35)(H,34,42)/t17?,20-,21+,22-,25+/m0/s1. The van der Waals surface area contributed by atoms with Crippen molar-refractivity contribution in [1.82, 2.24) is 35.7 Å². The van der Waals surface area contributed by atoms with Crippen LogP contribution in [0.3, 0.4) is 0 Å². The number of nitrogens with zero attached hydrogens (tertiary/aromatic N) is 4. The maximum Gasteiger partial charge on any atom is 0.523 e. The predicted molar refractivity (Wildman–Crippen MR) is 162 cm³/mol. The second-order valence-corrected chi connectivity index (χ2v) is 12.5. The third-order valence-corrected chi connectivity index (χ3v) is 8.60. The van der Waals surface area contributed by atoms with E-state index in [-0.39, 0.29) is 18.3 Å². The molecule has 0 radical (unpaired) electrons. The fraction of sp³-hybridized carbons (Fsp3) is 0.769. The van der Waals surface area contributed by atoms with Crippen LogP contribution in [0, 0.1) is 0 Å². The fourth-order valence-electron chi connectivity index (χ4n) is 5.01. The number of halogens is 3. The first-order chi connectivity index (χ1) is 22.3. The van der Waals surface area contributed by atoms with Crippen LogP contribution in [0.15, 0.2) is 11.3 Å². The molecule has 1 aromatic heterocycles. The van der Waals surface area contributed by atoms with Gasteiger partial charge >= 0.3 is 15.6 Å². The zero-order valence-corrected chi connectivity index (χ0v) is 26.8. The number of alkyl halides is 3. The average molecular weight is 700 g/mol. The average Bonchev–Trinajstić information content (AvgIpc) is 3.54. The summed E-state index contributed by atoms with van der Waals surface area (Å²) in [6, 6.07) is 0. The van der Waals surface area contributed by atoms with Crippen molar-refractivity contribution in [3.05, 3.63) is 12.0 Å². The number of nitrogens with one attached hydrogen (secondary N) is 4. The Bertz CT molecular complexity index is 1290. The van der Waals surface area contributed by atoms with E-state index in [4.69, 9.17) is 10.5 Å². The minimum atomic E-state index is -5.99. The summed E-state index contributed by atoms with van der Waals surface area (Å²) in [5, 5.41) is 33.8. The molecule has 0 aromatic carbocycles. The monoisotopic (exact) mass is 699 g/mol. The van der Waals surface area contributed by atoms with Crippen LogP contribution in [0.4, 0.5) is 19.0 Å². The molecule has 1 aromatic rings. The van der Waals surface area contributed by atoms with Gasteiger partial charge < -0.3 is 46.9 Å². The second-order valence-electron chi connectivity index (χ2n) is 10.9. The van der Waals surface area contributed by atoms with Gasteiger partial charge in [0.1, 0.15) is 24.0 Å². The minimum absolute atomic E-state index is 0.0549. The summed E-state index contributed by atoms with van der Waals surface area (Å²) in [6.07, 6.45) is -4.40. The molecule has 5 atom stereocenters. The van der Waals surface area contributed by atoms with E-state index in [1.165, 1.54) is 0 Å². The van der Waals surface area contributed by atoms with Gasteiger partial charge in [-0.2, -0.15) is 21.6 Å². The maximum absolute atomic E-state index is 12.8. The molecule has 0 aliphatic carbocycles. The Morgan fingerprint density at radius 1 is 1.13 bits per heavy atom. The number of unbranched alkanes of at least 4 members (excludes halogenated alkanes) is 2. The van der Waals surface area contributed by atoms with E-state index in [2.05, 4.69) is 35.4 Å². The Kier molecular flexibility index (Phi) is 14.8. The van der Waals surface area contributed by atoms with Crippen molar-refractivity contribution in [3.63, 3.8) is 0 Å². The van der Waals surface area contributed by atoms with Crippen LogP contribution in [0.5, 0.6) is 0 Å². The number of aliphatic imine (C=N–C) groups is 1. The lowest BCUT2D eigenvalue weighted by atomic mass is 10.1. The summed E-state index contributed by atoms with van der Waals surface area (Å²) in [7, 11) is -5.99. The van der Waals surface area contributed by atoms with Crippen LogP contribution in [-0.4, -0.2) is 134 Å². The number of aromatic nitrogens is 2. The quantitative estimate of drug-likeness (QED) is 0.0426. The molecule has 47 heavy (non-hydrogen) atoms. The molecule has 2 aliphatic heterocycles. The third-order valence-electron chi connectivity index (χ3n) is 7.50. The first-order valence-corrected chi connectivity index (χ1v) is 16.7. The molecule has 2 amide bonds. The molecule has 268 valence electrons. The Hall–Kier alpha value is -2.92. The molecule has 3 heterocycles. The van der Waals surface area contributed by atoms with Gasteiger partial charge in [0.05, 0.1) is 12.7 Å². The van der Waals surface area contributed by atoms with Gasteiger partial charge in [-0.15, -0.1) is 0 Å². The van der Waals surface area contributed by atoms with Crippen LogP contribution >= 0.6 is 0 Å². The molecule has 1 unspecified atom stereocenters. The fourth-order valence-corrected chi connectivity index (χ4v) is 5.59. The predicted octanol–water partition coefficient (Wildman–Crippen LogP) is -1.66. The largest absolute Gasteiger partial charge is 0.523 e. The van der Waals surface area contributed by atoms with Gasteiger partial charge in [0.15, 0.2) is 18.1 Å². The highest BCUT2D eigenvalue weighted by molar-refractivity contribution is 7.87. The van der Waals surface area contributed by atoms with Crippen molar-refractivity contribution in [3.8, 4) is 0 Å². The SMILES string of the molecule is CC(OS(=O)(=O)C(F)(F)F)c1ncn([C@@H]2O[C@H](C(=O)NCCCCCC(=O)N3CCNCCNCCNCC3)[C@@H](O)[C@H]2O)c1N=CN. The van der Waals surface area contributed by atoms with Crippen molar-refractivity contribution < 1.29 is 50.3 Å². The molecule has 0 bridgehead atoms. The zero-order valence-electron chi connectivity index (χ0n) is 26.0. The molecular weight excluding hydrogens is 655 g/mol. The number of hydrogen-bond acceptors (Lipinski definition) is 13. The van der Waals surface area contributed by atoms with Gasteiger partial charge in [-0.25, -0.2) is 9.98 Å². The number of hydrogen-bond donors (Lipinski definition) is 7. The molecule has 0 saturated carbocycles. The number of imidazole rings is 1. The highest BCUT2D eigenvalue weighted by atomic mass is 32.2. The topological polar surface area (TPSA) is 235 Å². The molecule has 17 nitrogen and oxygen atoms in total. The van der Waals surface area contributed by atoms with E-state index >= 15 is 0 Å². The van der Waals surface area contributed by atoms with Crippen molar-refractivity contribution >= 4 is 34.1 Å². The smallest absolute Gasteiger partial charge is 0.390 e. The normalized spacial score (nSPS) is 24.5. The van der Waals surface area contributed by atoms with Gasteiger partial charge in [0.2, 0.25) is 5.91 Å². The number of carbonyl (C=O) groups excluding carboxylic acids is 2. The summed E-state index contributed by atoms with van der Waals surface area (Å²) < 4.78 is 72.2. The Labute approximate surface area is 270 Å². The molecular formula is C26H44F3N9O8S. The Morgan fingerprint density at radius 2 is 1.74 bits per heavy atom. The Balaban J connectivity index is 1.49. The molecule has 0 spiro atoms. The van der Waals surface area contributed by atoms with Crippen LogP contribution in [0.2, 0.25) is 0 Å². The zero-order chi connectivity index (χ0) is 34.6. The van der Waals surface area contributed by atoms with Gasteiger partial charge in [-0.3, -0.25) is 18.3 Å². The summed E-state index contributed by atoms with van der Waals surface area (Å²) in [6.45, 7) is 7.17. The van der Waals surface area contributed by atoms with Gasteiger partial charge in [0, 0.05) is 65.3 Å². The number of amides is 2. The first-order valence-electron chi connectivity index (χ1n) is 15.3. The van der Waals surface area contributed by atoms with Crippen LogP contribution in [-0.2, 0) is 28.6 Å². The second kappa shape index (κ2) is 18.0. The summed E-state index contributed by atoms with van der Waals surface area (Å²) in [4.78, 5) is 35.0. The van der Waals surface area contributed by atoms with Crippen molar-refractivity contribution in [2.24, 2.45) is 10.7 Å². The lowest BCUT2D eigenvalue weighted by molar-refractivity contribution is -0.137. The summed E-state index contributed by atoms with van der Waals surface area (Å²) >= 11 is 0. The van der Waals surface area contributed by atoms with E-state index in [1.807, 2.05) is 4.90 Å². The summed E-state index contributed by atoms with van der Waals surface area (Å²) in [5.74, 6) is -1.01. The Morgan fingerprint density at radius 3 is 2.34 bits per heavy atom. The molecule has 3 rings (SSSR count). The lowest BCUT2D eigenvalue weighted by Crippen LogP contribution is -2.44. The van der Waals surface area contributed by atoms with Crippen LogP contribution in [0.25, 0.3) is 0 Å². The molecule has 21 heteroatoms. The molecule has 2 aliphatic rings. The minimum Gasteiger partial charge on any atom is -0.390 e. The number of nitrogens with two attached hydrogens (primary N) is 1. The number of carbonyl (C=O) groups is 2. The number of aliphatic hydroxyl groups is 2. The van der Waals surface area contributed by atoms with E-state index in [9.17, 15) is 41.4 Å². The molecule has 8 N–H and O–H groups in total. The van der Waals surface area contributed by atoms with E-state index in [1.54, 1.807) is 0 Å². The van der Waals surface area contributed by atoms with Gasteiger partial charge in [-0.1, -0.05) is 6.42 Å². The van der Waals surface area contributed by atoms with Crippen LogP contribution < -0.4 is 27.0 Å². The first kappa shape index (κ1) is 38.5.